The van der Waals surface area contributed by atoms with Gasteiger partial charge >= 0.3 is 0 Å². The standard InChI is InChI=1S/C13H22N2O/c14-10-4-1-5-11-15-13(16)9-8-12-6-2-3-7-12/h12H,1-9,11H2,(H,15,16). The average molecular weight is 222 g/mol. The quantitative estimate of drug-likeness (QED) is 0.673. The Kier molecular flexibility index (Phi) is 6.64. The number of rotatable bonds is 7. The molecule has 0 spiro atoms. The molecule has 0 aromatic rings. The number of carbonyl (C=O) groups excluding carboxylic acids is 1. The van der Waals surface area contributed by atoms with Crippen LogP contribution in [-0.2, 0) is 4.79 Å². The SMILES string of the molecule is N#CCCCCNC(=O)CCC1CCCC1. The third-order valence-corrected chi connectivity index (χ3v) is 3.29. The van der Waals surface area contributed by atoms with E-state index >= 15 is 0 Å². The van der Waals surface area contributed by atoms with Gasteiger partial charge in [0.2, 0.25) is 5.91 Å². The summed E-state index contributed by atoms with van der Waals surface area (Å²) in [6, 6.07) is 2.11. The normalized spacial score (nSPS) is 15.9. The number of hydrogen-bond donors (Lipinski definition) is 1. The van der Waals surface area contributed by atoms with Gasteiger partial charge in [0.15, 0.2) is 0 Å². The van der Waals surface area contributed by atoms with Crippen LogP contribution in [0.25, 0.3) is 0 Å². The molecule has 1 N–H and O–H groups in total. The van der Waals surface area contributed by atoms with Gasteiger partial charge < -0.3 is 5.32 Å². The molecule has 1 saturated carbocycles. The first-order valence-corrected chi connectivity index (χ1v) is 6.46. The summed E-state index contributed by atoms with van der Waals surface area (Å²) in [5.41, 5.74) is 0. The minimum atomic E-state index is 0.184. The van der Waals surface area contributed by atoms with E-state index in [-0.39, 0.29) is 5.91 Å². The minimum Gasteiger partial charge on any atom is -0.356 e. The van der Waals surface area contributed by atoms with Gasteiger partial charge in [-0.05, 0) is 25.2 Å². The fourth-order valence-corrected chi connectivity index (χ4v) is 2.28. The van der Waals surface area contributed by atoms with Gasteiger partial charge in [0, 0.05) is 19.4 Å². The van der Waals surface area contributed by atoms with E-state index in [1.54, 1.807) is 0 Å². The van der Waals surface area contributed by atoms with Crippen molar-refractivity contribution in [2.75, 3.05) is 6.54 Å². The molecule has 0 radical (unpaired) electrons. The fraction of sp³-hybridized carbons (Fsp3) is 0.846. The maximum Gasteiger partial charge on any atom is 0.220 e. The van der Waals surface area contributed by atoms with Crippen LogP contribution in [0.3, 0.4) is 0 Å². The molecule has 90 valence electrons. The highest BCUT2D eigenvalue weighted by atomic mass is 16.1. The molecule has 1 fully saturated rings. The number of nitriles is 1. The number of unbranched alkanes of at least 4 members (excludes halogenated alkanes) is 2. The lowest BCUT2D eigenvalue weighted by atomic mass is 10.0. The van der Waals surface area contributed by atoms with Crippen molar-refractivity contribution >= 4 is 5.91 Å². The summed E-state index contributed by atoms with van der Waals surface area (Å²) < 4.78 is 0. The van der Waals surface area contributed by atoms with Crippen LogP contribution < -0.4 is 5.32 Å². The van der Waals surface area contributed by atoms with Crippen molar-refractivity contribution in [1.82, 2.24) is 5.32 Å². The molecule has 1 aliphatic carbocycles. The first-order valence-electron chi connectivity index (χ1n) is 6.46. The summed E-state index contributed by atoms with van der Waals surface area (Å²) in [6.07, 6.45) is 9.47. The second-order valence-corrected chi connectivity index (χ2v) is 4.65. The maximum atomic E-state index is 11.5. The van der Waals surface area contributed by atoms with Gasteiger partial charge in [-0.1, -0.05) is 25.7 Å². The van der Waals surface area contributed by atoms with E-state index in [2.05, 4.69) is 11.4 Å². The van der Waals surface area contributed by atoms with Crippen LogP contribution in [0.1, 0.15) is 57.8 Å². The summed E-state index contributed by atoms with van der Waals surface area (Å²) in [7, 11) is 0. The first-order chi connectivity index (χ1) is 7.83. The molecule has 0 heterocycles. The molecule has 0 aliphatic heterocycles. The number of carbonyl (C=O) groups is 1. The lowest BCUT2D eigenvalue weighted by molar-refractivity contribution is -0.121. The molecule has 0 saturated heterocycles. The Morgan fingerprint density at radius 2 is 2.06 bits per heavy atom. The van der Waals surface area contributed by atoms with Crippen molar-refractivity contribution in [1.29, 1.82) is 5.26 Å². The van der Waals surface area contributed by atoms with Crippen molar-refractivity contribution in [2.45, 2.75) is 57.8 Å². The van der Waals surface area contributed by atoms with Gasteiger partial charge in [-0.2, -0.15) is 5.26 Å². The number of amides is 1. The first kappa shape index (κ1) is 13.0. The van der Waals surface area contributed by atoms with Crippen molar-refractivity contribution in [3.63, 3.8) is 0 Å². The Morgan fingerprint density at radius 3 is 2.75 bits per heavy atom. The molecule has 0 aromatic heterocycles. The van der Waals surface area contributed by atoms with Crippen LogP contribution in [0.5, 0.6) is 0 Å². The van der Waals surface area contributed by atoms with Crippen LogP contribution in [-0.4, -0.2) is 12.5 Å². The fourth-order valence-electron chi connectivity index (χ4n) is 2.28. The van der Waals surface area contributed by atoms with E-state index in [1.165, 1.54) is 25.7 Å². The predicted molar refractivity (Wildman–Crippen MR) is 63.7 cm³/mol. The largest absolute Gasteiger partial charge is 0.356 e. The molecule has 3 nitrogen and oxygen atoms in total. The lowest BCUT2D eigenvalue weighted by Gasteiger charge is -2.08. The summed E-state index contributed by atoms with van der Waals surface area (Å²) >= 11 is 0. The van der Waals surface area contributed by atoms with Crippen molar-refractivity contribution in [3.05, 3.63) is 0 Å². The highest BCUT2D eigenvalue weighted by Gasteiger charge is 2.15. The highest BCUT2D eigenvalue weighted by molar-refractivity contribution is 5.75. The molecular formula is C13H22N2O. The summed E-state index contributed by atoms with van der Waals surface area (Å²) in [5, 5.41) is 11.3. The van der Waals surface area contributed by atoms with E-state index in [1.807, 2.05) is 0 Å². The molecule has 1 amide bonds. The molecule has 1 aliphatic rings. The Morgan fingerprint density at radius 1 is 1.31 bits per heavy atom. The molecular weight excluding hydrogens is 200 g/mol. The molecule has 0 bridgehead atoms. The summed E-state index contributed by atoms with van der Waals surface area (Å²) in [6.45, 7) is 0.727. The van der Waals surface area contributed by atoms with Gasteiger partial charge in [-0.15, -0.1) is 0 Å². The van der Waals surface area contributed by atoms with Gasteiger partial charge in [0.05, 0.1) is 6.07 Å². The predicted octanol–water partition coefficient (Wildman–Crippen LogP) is 2.77. The smallest absolute Gasteiger partial charge is 0.220 e. The third kappa shape index (κ3) is 5.75. The average Bonchev–Trinajstić information content (AvgIpc) is 2.79. The van der Waals surface area contributed by atoms with Gasteiger partial charge in [-0.25, -0.2) is 0 Å². The Balaban J connectivity index is 1.92. The lowest BCUT2D eigenvalue weighted by Crippen LogP contribution is -2.24. The van der Waals surface area contributed by atoms with Crippen LogP contribution in [0.4, 0.5) is 0 Å². The zero-order chi connectivity index (χ0) is 11.6. The van der Waals surface area contributed by atoms with Crippen molar-refractivity contribution in [3.8, 4) is 6.07 Å². The van der Waals surface area contributed by atoms with Crippen molar-refractivity contribution in [2.24, 2.45) is 5.92 Å². The molecule has 0 atom stereocenters. The third-order valence-electron chi connectivity index (χ3n) is 3.29. The molecule has 16 heavy (non-hydrogen) atoms. The molecule has 1 rings (SSSR count). The van der Waals surface area contributed by atoms with E-state index in [9.17, 15) is 4.79 Å². The molecule has 0 aromatic carbocycles. The Hall–Kier alpha value is -1.04. The number of nitrogens with zero attached hydrogens (tertiary/aromatic N) is 1. The van der Waals surface area contributed by atoms with Gasteiger partial charge in [0.1, 0.15) is 0 Å². The van der Waals surface area contributed by atoms with E-state index in [4.69, 9.17) is 5.26 Å². The number of hydrogen-bond acceptors (Lipinski definition) is 2. The Labute approximate surface area is 98.2 Å². The van der Waals surface area contributed by atoms with E-state index in [0.29, 0.717) is 12.8 Å². The van der Waals surface area contributed by atoms with Crippen LogP contribution in [0.2, 0.25) is 0 Å². The second-order valence-electron chi connectivity index (χ2n) is 4.65. The second kappa shape index (κ2) is 8.15. The van der Waals surface area contributed by atoms with Crippen LogP contribution in [0, 0.1) is 17.2 Å². The zero-order valence-electron chi connectivity index (χ0n) is 10.0. The summed E-state index contributed by atoms with van der Waals surface area (Å²) in [4.78, 5) is 11.5. The highest BCUT2D eigenvalue weighted by Crippen LogP contribution is 2.28. The van der Waals surface area contributed by atoms with Crippen molar-refractivity contribution < 1.29 is 4.79 Å². The Bertz CT molecular complexity index is 239. The topological polar surface area (TPSA) is 52.9 Å². The number of nitrogens with one attached hydrogen (secondary N) is 1. The molecule has 0 unspecified atom stereocenters. The maximum absolute atomic E-state index is 11.5. The molecule has 3 heteroatoms. The summed E-state index contributed by atoms with van der Waals surface area (Å²) in [5.74, 6) is 0.980. The monoisotopic (exact) mass is 222 g/mol. The van der Waals surface area contributed by atoms with E-state index < -0.39 is 0 Å². The zero-order valence-corrected chi connectivity index (χ0v) is 10.0. The van der Waals surface area contributed by atoms with Crippen LogP contribution in [0.15, 0.2) is 0 Å². The van der Waals surface area contributed by atoms with E-state index in [0.717, 1.165) is 31.7 Å². The minimum absolute atomic E-state index is 0.184. The van der Waals surface area contributed by atoms with Gasteiger partial charge in [-0.3, -0.25) is 4.79 Å². The van der Waals surface area contributed by atoms with Gasteiger partial charge in [0.25, 0.3) is 0 Å². The van der Waals surface area contributed by atoms with Crippen LogP contribution >= 0.6 is 0 Å².